The van der Waals surface area contributed by atoms with Crippen LogP contribution in [0, 0.1) is 18.3 Å². The molecule has 7 rings (SSSR count). The third-order valence-corrected chi connectivity index (χ3v) is 10.2. The van der Waals surface area contributed by atoms with E-state index in [0.717, 1.165) is 49.4 Å². The summed E-state index contributed by atoms with van der Waals surface area (Å²) in [6, 6.07) is 15.6. The number of piperazine rings is 1. The fourth-order valence-electron chi connectivity index (χ4n) is 7.59. The van der Waals surface area contributed by atoms with Crippen molar-refractivity contribution in [3.05, 3.63) is 64.9 Å². The van der Waals surface area contributed by atoms with Crippen LogP contribution in [0.3, 0.4) is 0 Å². The summed E-state index contributed by atoms with van der Waals surface area (Å²) >= 11 is 0. The van der Waals surface area contributed by atoms with E-state index in [1.54, 1.807) is 4.90 Å². The minimum absolute atomic E-state index is 0.00420. The van der Waals surface area contributed by atoms with Gasteiger partial charge in [-0.3, -0.25) is 9.59 Å². The van der Waals surface area contributed by atoms with Crippen molar-refractivity contribution in [2.45, 2.75) is 64.1 Å². The summed E-state index contributed by atoms with van der Waals surface area (Å²) in [6.07, 6.45) is 5.57. The van der Waals surface area contributed by atoms with Crippen LogP contribution in [0.4, 0.5) is 11.5 Å². The molecule has 0 spiro atoms. The Labute approximate surface area is 270 Å². The topological polar surface area (TPSA) is 106 Å². The summed E-state index contributed by atoms with van der Waals surface area (Å²) in [7, 11) is 2.14. The predicted molar refractivity (Wildman–Crippen MR) is 177 cm³/mol. The van der Waals surface area contributed by atoms with Gasteiger partial charge in [0.05, 0.1) is 30.8 Å². The fraction of sp³-hybridized carbons (Fsp3) is 0.472. The first-order valence-electron chi connectivity index (χ1n) is 16.5. The number of carbonyl (C=O) groups is 2. The third-order valence-electron chi connectivity index (χ3n) is 10.2. The van der Waals surface area contributed by atoms with Crippen molar-refractivity contribution in [3.63, 3.8) is 0 Å². The van der Waals surface area contributed by atoms with Crippen molar-refractivity contribution >= 4 is 34.0 Å². The van der Waals surface area contributed by atoms with Gasteiger partial charge in [0.25, 0.3) is 0 Å². The summed E-state index contributed by atoms with van der Waals surface area (Å²) in [5.41, 5.74) is 5.08. The third kappa shape index (κ3) is 5.80. The second-order valence-electron chi connectivity index (χ2n) is 13.1. The fourth-order valence-corrected chi connectivity index (χ4v) is 7.59. The number of aryl methyl sites for hydroxylation is 1. The monoisotopic (exact) mass is 619 g/mol. The van der Waals surface area contributed by atoms with Gasteiger partial charge in [-0.2, -0.15) is 15.2 Å². The highest BCUT2D eigenvalue weighted by atomic mass is 16.5. The van der Waals surface area contributed by atoms with Crippen LogP contribution in [0.2, 0.25) is 0 Å². The molecule has 2 aromatic carbocycles. The van der Waals surface area contributed by atoms with Gasteiger partial charge < -0.3 is 24.3 Å². The lowest BCUT2D eigenvalue weighted by atomic mass is 9.99. The molecular formula is C36H41N7O3. The summed E-state index contributed by atoms with van der Waals surface area (Å²) < 4.78 is 6.33. The number of nitrogens with zero attached hydrogens (tertiary/aromatic N) is 7. The number of ether oxygens (including phenoxy) is 1. The molecule has 2 saturated heterocycles. The van der Waals surface area contributed by atoms with Crippen LogP contribution < -0.4 is 14.5 Å². The number of likely N-dealkylation sites (tertiary alicyclic amines) is 1. The molecule has 1 aromatic heterocycles. The molecular weight excluding hydrogens is 578 g/mol. The highest BCUT2D eigenvalue weighted by molar-refractivity contribution is 6.05. The molecule has 2 unspecified atom stereocenters. The van der Waals surface area contributed by atoms with Crippen molar-refractivity contribution in [2.75, 3.05) is 56.2 Å². The molecule has 1 aliphatic carbocycles. The maximum atomic E-state index is 13.4. The Morgan fingerprint density at radius 2 is 1.87 bits per heavy atom. The molecule has 238 valence electrons. The van der Waals surface area contributed by atoms with Crippen LogP contribution in [0.5, 0.6) is 6.01 Å². The first-order chi connectivity index (χ1) is 22.4. The maximum Gasteiger partial charge on any atom is 0.318 e. The lowest BCUT2D eigenvalue weighted by Crippen LogP contribution is -2.56. The van der Waals surface area contributed by atoms with Crippen LogP contribution in [-0.2, 0) is 22.6 Å². The van der Waals surface area contributed by atoms with E-state index >= 15 is 0 Å². The molecule has 10 heteroatoms. The van der Waals surface area contributed by atoms with Crippen LogP contribution in [0.1, 0.15) is 48.9 Å². The minimum Gasteiger partial charge on any atom is -0.462 e. The van der Waals surface area contributed by atoms with Crippen LogP contribution in [0.25, 0.3) is 10.8 Å². The number of rotatable bonds is 7. The number of anilines is 2. The molecule has 3 aromatic rings. The van der Waals surface area contributed by atoms with E-state index in [9.17, 15) is 14.9 Å². The molecule has 46 heavy (non-hydrogen) atoms. The molecule has 10 nitrogen and oxygen atoms in total. The zero-order chi connectivity index (χ0) is 31.8. The normalized spacial score (nSPS) is 21.8. The zero-order valence-corrected chi connectivity index (χ0v) is 26.7. The Hall–Kier alpha value is -4.49. The maximum absolute atomic E-state index is 13.4. The van der Waals surface area contributed by atoms with E-state index in [1.165, 1.54) is 28.1 Å². The molecule has 2 fully saturated rings. The second kappa shape index (κ2) is 12.7. The van der Waals surface area contributed by atoms with Crippen molar-refractivity contribution in [3.8, 4) is 12.1 Å². The quantitative estimate of drug-likeness (QED) is 0.385. The van der Waals surface area contributed by atoms with Gasteiger partial charge in [-0.1, -0.05) is 30.3 Å². The summed E-state index contributed by atoms with van der Waals surface area (Å²) in [5, 5.41) is 12.2. The average molecular weight is 620 g/mol. The van der Waals surface area contributed by atoms with Gasteiger partial charge in [-0.25, -0.2) is 0 Å². The van der Waals surface area contributed by atoms with Gasteiger partial charge in [0.2, 0.25) is 5.91 Å². The van der Waals surface area contributed by atoms with Crippen LogP contribution in [0.15, 0.2) is 48.0 Å². The van der Waals surface area contributed by atoms with E-state index in [-0.39, 0.29) is 24.2 Å². The average Bonchev–Trinajstić information content (AvgIpc) is 3.70. The first-order valence-corrected chi connectivity index (χ1v) is 16.5. The van der Waals surface area contributed by atoms with Gasteiger partial charge in [0.15, 0.2) is 5.78 Å². The highest BCUT2D eigenvalue weighted by Crippen LogP contribution is 2.36. The number of hydrogen-bond donors (Lipinski definition) is 0. The number of aromatic nitrogens is 2. The van der Waals surface area contributed by atoms with E-state index in [4.69, 9.17) is 14.7 Å². The van der Waals surface area contributed by atoms with Crippen molar-refractivity contribution in [2.24, 2.45) is 0 Å². The Kier molecular flexibility index (Phi) is 8.34. The summed E-state index contributed by atoms with van der Waals surface area (Å²) in [5.74, 6) is 0.718. The van der Waals surface area contributed by atoms with Gasteiger partial charge in [-0.15, -0.1) is 0 Å². The van der Waals surface area contributed by atoms with Gasteiger partial charge >= 0.3 is 6.01 Å². The zero-order valence-electron chi connectivity index (χ0n) is 26.7. The van der Waals surface area contributed by atoms with E-state index in [2.05, 4.69) is 71.1 Å². The number of fused-ring (bicyclic) bond motifs is 2. The lowest BCUT2D eigenvalue weighted by Gasteiger charge is -2.42. The molecule has 4 aliphatic rings. The molecule has 2 atom stereocenters. The SMILES string of the molecule is Cc1cccc2cccc(N3CCc4c(nc(OCC5CCCN5C)nc4N4CCN(C(=O)C5=CC(=O)CC5)C(CC#N)C4)C3)c12. The molecule has 1 amide bonds. The van der Waals surface area contributed by atoms with E-state index in [0.29, 0.717) is 63.3 Å². The first kappa shape index (κ1) is 30.2. The van der Waals surface area contributed by atoms with Crippen LogP contribution >= 0.6 is 0 Å². The van der Waals surface area contributed by atoms with Gasteiger partial charge in [0.1, 0.15) is 12.4 Å². The molecule has 0 radical (unpaired) electrons. The Morgan fingerprint density at radius 1 is 1.02 bits per heavy atom. The highest BCUT2D eigenvalue weighted by Gasteiger charge is 2.36. The number of likely N-dealkylation sites (N-methyl/N-ethyl adjacent to an activating group) is 1. The van der Waals surface area contributed by atoms with E-state index < -0.39 is 0 Å². The van der Waals surface area contributed by atoms with Crippen molar-refractivity contribution in [1.29, 1.82) is 5.26 Å². The molecule has 4 heterocycles. The number of hydrogen-bond acceptors (Lipinski definition) is 9. The molecule has 0 bridgehead atoms. The number of amides is 1. The predicted octanol–water partition coefficient (Wildman–Crippen LogP) is 4.19. The summed E-state index contributed by atoms with van der Waals surface area (Å²) in [6.45, 7) is 6.76. The summed E-state index contributed by atoms with van der Waals surface area (Å²) in [4.78, 5) is 44.1. The van der Waals surface area contributed by atoms with E-state index in [1.807, 2.05) is 0 Å². The molecule has 0 saturated carbocycles. The lowest BCUT2D eigenvalue weighted by molar-refractivity contribution is -0.129. The largest absolute Gasteiger partial charge is 0.462 e. The number of benzene rings is 2. The van der Waals surface area contributed by atoms with Crippen molar-refractivity contribution < 1.29 is 14.3 Å². The number of allylic oxidation sites excluding steroid dienone is 1. The smallest absolute Gasteiger partial charge is 0.318 e. The van der Waals surface area contributed by atoms with Gasteiger partial charge in [0, 0.05) is 60.9 Å². The Morgan fingerprint density at radius 3 is 2.63 bits per heavy atom. The minimum atomic E-state index is -0.302. The standard InChI is InChI=1S/C36H41N7O3/c1-24-6-3-7-25-8-4-10-32(33(24)25)41-17-14-30-31(22-41)38-36(46-23-28-9-5-16-40(28)2)39-34(30)42-18-19-43(27(21-42)13-15-37)35(45)26-11-12-29(44)20-26/h3-4,6-8,10,20,27-28H,5,9,11-14,16-19,21-23H2,1-2H3. The van der Waals surface area contributed by atoms with Crippen LogP contribution in [-0.4, -0.2) is 89.9 Å². The van der Waals surface area contributed by atoms with Crippen molar-refractivity contribution in [1.82, 2.24) is 19.8 Å². The number of nitriles is 1. The molecule has 3 aliphatic heterocycles. The molecule has 0 N–H and O–H groups in total. The number of carbonyl (C=O) groups excluding carboxylic acids is 2. The Balaban J connectivity index is 1.20. The second-order valence-corrected chi connectivity index (χ2v) is 13.1. The van der Waals surface area contributed by atoms with Gasteiger partial charge in [-0.05, 0) is 69.3 Å². The Bertz CT molecular complexity index is 1740. The number of ketones is 1.